The molecule has 2 aromatic heterocycles. The van der Waals surface area contributed by atoms with E-state index in [1.54, 1.807) is 0 Å². The lowest BCUT2D eigenvalue weighted by molar-refractivity contribution is 0.0803. The summed E-state index contributed by atoms with van der Waals surface area (Å²) in [5, 5.41) is 1.93. The monoisotopic (exact) mass is 303 g/mol. The minimum Gasteiger partial charge on any atom is -0.308 e. The van der Waals surface area contributed by atoms with E-state index in [9.17, 15) is 4.79 Å². The first kappa shape index (κ1) is 13.5. The number of fused-ring (bicyclic) bond motifs is 2. The molecule has 1 saturated heterocycles. The van der Waals surface area contributed by atoms with E-state index in [4.69, 9.17) is 0 Å². The van der Waals surface area contributed by atoms with Gasteiger partial charge in [-0.3, -0.25) is 9.69 Å². The molecule has 0 bridgehead atoms. The third-order valence-corrected chi connectivity index (χ3v) is 6.02. The van der Waals surface area contributed by atoms with Crippen LogP contribution in [-0.2, 0) is 6.54 Å². The maximum absolute atomic E-state index is 12.0. The second kappa shape index (κ2) is 5.54. The SMILES string of the molecule is O=c1[nH]c(CN2CC[C@@H]3CCCC[C@@H]3C2)nc2ccsc12. The van der Waals surface area contributed by atoms with Gasteiger partial charge in [-0.1, -0.05) is 19.3 Å². The van der Waals surface area contributed by atoms with E-state index < -0.39 is 0 Å². The van der Waals surface area contributed by atoms with Crippen LogP contribution in [0.3, 0.4) is 0 Å². The van der Waals surface area contributed by atoms with Gasteiger partial charge in [-0.05, 0) is 42.7 Å². The Balaban J connectivity index is 1.50. The summed E-state index contributed by atoms with van der Waals surface area (Å²) in [6.07, 6.45) is 6.94. The van der Waals surface area contributed by atoms with Crippen LogP contribution in [0.25, 0.3) is 10.2 Å². The van der Waals surface area contributed by atoms with Gasteiger partial charge < -0.3 is 4.98 Å². The van der Waals surface area contributed by atoms with Crippen molar-refractivity contribution in [3.63, 3.8) is 0 Å². The molecule has 1 aliphatic carbocycles. The minimum absolute atomic E-state index is 0.0116. The molecule has 4 nitrogen and oxygen atoms in total. The predicted molar refractivity (Wildman–Crippen MR) is 85.6 cm³/mol. The number of hydrogen-bond acceptors (Lipinski definition) is 4. The molecular formula is C16H21N3OS. The Hall–Kier alpha value is -1.20. The summed E-state index contributed by atoms with van der Waals surface area (Å²) in [4.78, 5) is 22.1. The average molecular weight is 303 g/mol. The van der Waals surface area contributed by atoms with Crippen LogP contribution in [0.4, 0.5) is 0 Å². The highest BCUT2D eigenvalue weighted by Gasteiger charge is 2.31. The quantitative estimate of drug-likeness (QED) is 0.928. The van der Waals surface area contributed by atoms with Crippen LogP contribution in [0, 0.1) is 11.8 Å². The average Bonchev–Trinajstić information content (AvgIpc) is 2.96. The molecule has 2 aliphatic rings. The van der Waals surface area contributed by atoms with Crippen molar-refractivity contribution in [3.05, 3.63) is 27.6 Å². The molecule has 4 rings (SSSR count). The molecule has 2 aromatic rings. The number of aromatic nitrogens is 2. The Kier molecular flexibility index (Phi) is 3.55. The molecule has 3 heterocycles. The summed E-state index contributed by atoms with van der Waals surface area (Å²) in [6.45, 7) is 3.10. The van der Waals surface area contributed by atoms with Gasteiger partial charge in [0.2, 0.25) is 0 Å². The number of rotatable bonds is 2. The predicted octanol–water partition coefficient (Wildman–Crippen LogP) is 3.00. The third kappa shape index (κ3) is 2.64. The zero-order valence-corrected chi connectivity index (χ0v) is 13.0. The van der Waals surface area contributed by atoms with Crippen LogP contribution in [0.5, 0.6) is 0 Å². The first-order valence-electron chi connectivity index (χ1n) is 7.98. The second-order valence-electron chi connectivity index (χ2n) is 6.48. The Labute approximate surface area is 128 Å². The van der Waals surface area contributed by atoms with E-state index in [1.165, 1.54) is 50.0 Å². The van der Waals surface area contributed by atoms with Gasteiger partial charge in [0.25, 0.3) is 5.56 Å². The van der Waals surface area contributed by atoms with Gasteiger partial charge >= 0.3 is 0 Å². The molecule has 0 amide bonds. The van der Waals surface area contributed by atoms with Crippen molar-refractivity contribution < 1.29 is 0 Å². The summed E-state index contributed by atoms with van der Waals surface area (Å²) in [5.74, 6) is 2.63. The van der Waals surface area contributed by atoms with Gasteiger partial charge in [-0.15, -0.1) is 11.3 Å². The van der Waals surface area contributed by atoms with Crippen molar-refractivity contribution in [2.75, 3.05) is 13.1 Å². The highest BCUT2D eigenvalue weighted by Crippen LogP contribution is 2.36. The van der Waals surface area contributed by atoms with Gasteiger partial charge in [0.1, 0.15) is 10.5 Å². The molecular weight excluding hydrogens is 282 g/mol. The smallest absolute Gasteiger partial charge is 0.268 e. The summed E-state index contributed by atoms with van der Waals surface area (Å²) in [7, 11) is 0. The summed E-state index contributed by atoms with van der Waals surface area (Å²) in [6, 6.07) is 1.94. The van der Waals surface area contributed by atoms with Gasteiger partial charge in [0.05, 0.1) is 12.1 Å². The molecule has 1 N–H and O–H groups in total. The highest BCUT2D eigenvalue weighted by molar-refractivity contribution is 7.17. The van der Waals surface area contributed by atoms with Gasteiger partial charge in [0.15, 0.2) is 0 Å². The normalized spacial score (nSPS) is 26.9. The van der Waals surface area contributed by atoms with Crippen LogP contribution < -0.4 is 5.56 Å². The third-order valence-electron chi connectivity index (χ3n) is 5.11. The van der Waals surface area contributed by atoms with Gasteiger partial charge in [-0.25, -0.2) is 4.98 Å². The van der Waals surface area contributed by atoms with Crippen molar-refractivity contribution in [1.29, 1.82) is 0 Å². The zero-order chi connectivity index (χ0) is 14.2. The molecule has 21 heavy (non-hydrogen) atoms. The first-order chi connectivity index (χ1) is 10.3. The standard InChI is InChI=1S/C16H21N3OS/c20-16-15-13(6-8-21-15)17-14(18-16)10-19-7-5-11-3-1-2-4-12(11)9-19/h6,8,11-12H,1-5,7,9-10H2,(H,17,18,20)/t11-,12+/m0/s1. The molecule has 0 aromatic carbocycles. The maximum Gasteiger partial charge on any atom is 0.268 e. The van der Waals surface area contributed by atoms with Crippen molar-refractivity contribution in [1.82, 2.24) is 14.9 Å². The van der Waals surface area contributed by atoms with Crippen molar-refractivity contribution in [2.24, 2.45) is 11.8 Å². The van der Waals surface area contributed by atoms with E-state index in [0.717, 1.165) is 41.0 Å². The lowest BCUT2D eigenvalue weighted by Crippen LogP contribution is -2.41. The molecule has 5 heteroatoms. The number of nitrogens with one attached hydrogen (secondary N) is 1. The molecule has 2 atom stereocenters. The van der Waals surface area contributed by atoms with Gasteiger partial charge in [0, 0.05) is 6.54 Å². The second-order valence-corrected chi connectivity index (χ2v) is 7.39. The summed E-state index contributed by atoms with van der Waals surface area (Å²) in [5.41, 5.74) is 0.851. The number of H-pyrrole nitrogens is 1. The topological polar surface area (TPSA) is 49.0 Å². The Morgan fingerprint density at radius 1 is 1.29 bits per heavy atom. The fraction of sp³-hybridized carbons (Fsp3) is 0.625. The van der Waals surface area contributed by atoms with Gasteiger partial charge in [-0.2, -0.15) is 0 Å². The molecule has 0 radical (unpaired) electrons. The fourth-order valence-electron chi connectivity index (χ4n) is 4.03. The molecule has 0 unspecified atom stereocenters. The number of piperidine rings is 1. The summed E-state index contributed by atoms with van der Waals surface area (Å²) >= 11 is 1.46. The highest BCUT2D eigenvalue weighted by atomic mass is 32.1. The van der Waals surface area contributed by atoms with E-state index in [2.05, 4.69) is 14.9 Å². The van der Waals surface area contributed by atoms with E-state index in [0.29, 0.717) is 0 Å². The number of likely N-dealkylation sites (tertiary alicyclic amines) is 1. The largest absolute Gasteiger partial charge is 0.308 e. The minimum atomic E-state index is 0.0116. The molecule has 1 aliphatic heterocycles. The van der Waals surface area contributed by atoms with Crippen LogP contribution in [-0.4, -0.2) is 28.0 Å². The first-order valence-corrected chi connectivity index (χ1v) is 8.86. The fourth-order valence-corrected chi connectivity index (χ4v) is 4.75. The number of aromatic amines is 1. The Bertz CT molecular complexity index is 692. The molecule has 1 saturated carbocycles. The molecule has 112 valence electrons. The number of hydrogen-bond donors (Lipinski definition) is 1. The van der Waals surface area contributed by atoms with E-state index in [1.807, 2.05) is 11.4 Å². The Morgan fingerprint density at radius 2 is 2.14 bits per heavy atom. The maximum atomic E-state index is 12.0. The van der Waals surface area contributed by atoms with Crippen LogP contribution in [0.1, 0.15) is 37.9 Å². The molecule has 0 spiro atoms. The van der Waals surface area contributed by atoms with Crippen molar-refractivity contribution in [2.45, 2.75) is 38.6 Å². The van der Waals surface area contributed by atoms with Crippen molar-refractivity contribution in [3.8, 4) is 0 Å². The lowest BCUT2D eigenvalue weighted by Gasteiger charge is -2.41. The number of thiophene rings is 1. The van der Waals surface area contributed by atoms with Crippen LogP contribution in [0.2, 0.25) is 0 Å². The van der Waals surface area contributed by atoms with E-state index >= 15 is 0 Å². The molecule has 2 fully saturated rings. The Morgan fingerprint density at radius 3 is 3.05 bits per heavy atom. The van der Waals surface area contributed by atoms with Crippen LogP contribution >= 0.6 is 11.3 Å². The van der Waals surface area contributed by atoms with Crippen molar-refractivity contribution >= 4 is 21.6 Å². The lowest BCUT2D eigenvalue weighted by atomic mass is 9.75. The number of nitrogens with zero attached hydrogens (tertiary/aromatic N) is 2. The zero-order valence-electron chi connectivity index (χ0n) is 12.2. The van der Waals surface area contributed by atoms with Crippen LogP contribution in [0.15, 0.2) is 16.2 Å². The van der Waals surface area contributed by atoms with E-state index in [-0.39, 0.29) is 5.56 Å². The summed E-state index contributed by atoms with van der Waals surface area (Å²) < 4.78 is 0.740.